The van der Waals surface area contributed by atoms with Gasteiger partial charge in [-0.05, 0) is 72.0 Å². The lowest BCUT2D eigenvalue weighted by molar-refractivity contribution is -0.138. The number of fused-ring (bicyclic) bond motifs is 2. The van der Waals surface area contributed by atoms with E-state index in [-0.39, 0.29) is 24.4 Å². The number of aromatic nitrogens is 2. The molecule has 0 radical (unpaired) electrons. The van der Waals surface area contributed by atoms with E-state index in [0.717, 1.165) is 60.4 Å². The maximum Gasteiger partial charge on any atom is 0.416 e. The number of alkyl halides is 3. The van der Waals surface area contributed by atoms with Gasteiger partial charge in [-0.2, -0.15) is 13.2 Å². The van der Waals surface area contributed by atoms with Gasteiger partial charge in [-0.15, -0.1) is 0 Å². The highest BCUT2D eigenvalue weighted by molar-refractivity contribution is 5.82. The van der Waals surface area contributed by atoms with Gasteiger partial charge < -0.3 is 19.5 Å². The first-order chi connectivity index (χ1) is 20.7. The molecule has 0 unspecified atom stereocenters. The number of hydrogen-bond donors (Lipinski definition) is 1. The second-order valence-electron chi connectivity index (χ2n) is 11.4. The Morgan fingerprint density at radius 3 is 2.56 bits per heavy atom. The van der Waals surface area contributed by atoms with Crippen molar-refractivity contribution in [3.05, 3.63) is 88.2 Å². The van der Waals surface area contributed by atoms with Crippen molar-refractivity contribution in [2.24, 2.45) is 0 Å². The molecule has 4 heterocycles. The Bertz CT molecular complexity index is 1620. The third-order valence-electron chi connectivity index (χ3n) is 8.78. The van der Waals surface area contributed by atoms with Gasteiger partial charge in [-0.25, -0.2) is 4.98 Å². The van der Waals surface area contributed by atoms with Crippen LogP contribution < -0.4 is 4.74 Å². The average Bonchev–Trinajstić information content (AvgIpc) is 3.49. The zero-order chi connectivity index (χ0) is 30.1. The first-order valence-corrected chi connectivity index (χ1v) is 14.8. The molecular formula is C33H36F3N5O2. The summed E-state index contributed by atoms with van der Waals surface area (Å²) >= 11 is 0. The summed E-state index contributed by atoms with van der Waals surface area (Å²) in [7, 11) is 0. The summed E-state index contributed by atoms with van der Waals surface area (Å²) in [6.45, 7) is 9.39. The fourth-order valence-electron chi connectivity index (χ4n) is 6.16. The van der Waals surface area contributed by atoms with Gasteiger partial charge >= 0.3 is 6.18 Å². The van der Waals surface area contributed by atoms with Crippen molar-refractivity contribution in [3.63, 3.8) is 0 Å². The Morgan fingerprint density at radius 1 is 1.00 bits per heavy atom. The first kappa shape index (κ1) is 29.2. The van der Waals surface area contributed by atoms with Crippen molar-refractivity contribution >= 4 is 16.9 Å². The van der Waals surface area contributed by atoms with E-state index in [1.165, 1.54) is 6.07 Å². The number of amides is 1. The Kier molecular flexibility index (Phi) is 8.15. The zero-order valence-electron chi connectivity index (χ0n) is 24.5. The summed E-state index contributed by atoms with van der Waals surface area (Å²) in [6, 6.07) is 12.1. The number of carbonyl (C=O) groups is 1. The Morgan fingerprint density at radius 2 is 1.79 bits per heavy atom. The van der Waals surface area contributed by atoms with Crippen molar-refractivity contribution in [2.45, 2.75) is 46.0 Å². The third-order valence-corrected chi connectivity index (χ3v) is 8.78. The van der Waals surface area contributed by atoms with Gasteiger partial charge in [0.15, 0.2) is 0 Å². The fraction of sp³-hybridized carbons (Fsp3) is 0.394. The van der Waals surface area contributed by atoms with Gasteiger partial charge in [0, 0.05) is 58.2 Å². The van der Waals surface area contributed by atoms with Gasteiger partial charge in [0.2, 0.25) is 5.91 Å². The maximum atomic E-state index is 14.1. The Hall–Kier alpha value is -3.89. The molecule has 0 saturated carbocycles. The van der Waals surface area contributed by atoms with Crippen LogP contribution in [-0.4, -0.2) is 69.8 Å². The standard InChI is InChI=1S/C33H36F3N5O2/c1-3-39-14-16-40(17-15-39)20-25-5-4-23(18-28(25)33(34,35)36)19-31(42)41-13-10-24-6-7-29(22(2)27(24)21-41)43-30-9-12-38-32-26(30)8-11-37-32/h4-9,11-12,18H,3,10,13-17,19-21H2,1-2H3,(H,37,38). The molecule has 7 nitrogen and oxygen atoms in total. The smallest absolute Gasteiger partial charge is 0.416 e. The number of nitrogens with zero attached hydrogens (tertiary/aromatic N) is 4. The number of ether oxygens (including phenoxy) is 1. The van der Waals surface area contributed by atoms with Crippen LogP contribution >= 0.6 is 0 Å². The lowest BCUT2D eigenvalue weighted by Crippen LogP contribution is -2.45. The van der Waals surface area contributed by atoms with Crippen LogP contribution in [0.25, 0.3) is 11.0 Å². The summed E-state index contributed by atoms with van der Waals surface area (Å²) in [5.41, 5.74) is 3.84. The lowest BCUT2D eigenvalue weighted by Gasteiger charge is -2.34. The van der Waals surface area contributed by atoms with Crippen molar-refractivity contribution in [2.75, 3.05) is 39.3 Å². The molecule has 1 saturated heterocycles. The Labute approximate surface area is 249 Å². The van der Waals surface area contributed by atoms with E-state index in [4.69, 9.17) is 4.74 Å². The molecule has 2 aliphatic heterocycles. The molecule has 2 aliphatic rings. The topological polar surface area (TPSA) is 64.7 Å². The van der Waals surface area contributed by atoms with Crippen LogP contribution in [0.15, 0.2) is 54.9 Å². The summed E-state index contributed by atoms with van der Waals surface area (Å²) in [5.74, 6) is 1.20. The minimum absolute atomic E-state index is 0.0778. The first-order valence-electron chi connectivity index (χ1n) is 14.8. The molecule has 10 heteroatoms. The van der Waals surface area contributed by atoms with E-state index in [1.807, 2.05) is 37.4 Å². The second kappa shape index (κ2) is 12.0. The molecule has 1 amide bonds. The second-order valence-corrected chi connectivity index (χ2v) is 11.4. The number of nitrogens with one attached hydrogen (secondary N) is 1. The summed E-state index contributed by atoms with van der Waals surface area (Å²) < 4.78 is 48.7. The number of likely N-dealkylation sites (N-methyl/N-ethyl adjacent to an activating group) is 1. The number of H-pyrrole nitrogens is 1. The zero-order valence-corrected chi connectivity index (χ0v) is 24.5. The van der Waals surface area contributed by atoms with Crippen LogP contribution in [0.3, 0.4) is 0 Å². The predicted octanol–water partition coefficient (Wildman–Crippen LogP) is 5.95. The minimum Gasteiger partial charge on any atom is -0.456 e. The van der Waals surface area contributed by atoms with Crippen LogP contribution in [0.5, 0.6) is 11.5 Å². The molecule has 2 aromatic heterocycles. The number of halogens is 3. The van der Waals surface area contributed by atoms with Crippen molar-refractivity contribution in [3.8, 4) is 11.5 Å². The largest absolute Gasteiger partial charge is 0.456 e. The highest BCUT2D eigenvalue weighted by Gasteiger charge is 2.34. The summed E-state index contributed by atoms with van der Waals surface area (Å²) in [5, 5.41) is 0.875. The van der Waals surface area contributed by atoms with Gasteiger partial charge in [0.05, 0.1) is 17.4 Å². The molecular weight excluding hydrogens is 555 g/mol. The Balaban J connectivity index is 1.16. The summed E-state index contributed by atoms with van der Waals surface area (Å²) in [6.07, 6.45) is -0.388. The van der Waals surface area contributed by atoms with Crippen LogP contribution in [0, 0.1) is 6.92 Å². The number of pyridine rings is 1. The van der Waals surface area contributed by atoms with E-state index in [9.17, 15) is 18.0 Å². The molecule has 0 spiro atoms. The molecule has 0 aliphatic carbocycles. The fourth-order valence-corrected chi connectivity index (χ4v) is 6.16. The molecule has 0 bridgehead atoms. The van der Waals surface area contributed by atoms with E-state index in [0.29, 0.717) is 36.6 Å². The number of benzene rings is 2. The minimum atomic E-state index is -4.49. The molecule has 2 aromatic carbocycles. The highest BCUT2D eigenvalue weighted by Crippen LogP contribution is 2.36. The molecule has 226 valence electrons. The van der Waals surface area contributed by atoms with Crippen LogP contribution in [0.1, 0.15) is 40.3 Å². The van der Waals surface area contributed by atoms with E-state index >= 15 is 0 Å². The van der Waals surface area contributed by atoms with E-state index in [2.05, 4.69) is 26.7 Å². The normalized spacial score (nSPS) is 16.4. The maximum absolute atomic E-state index is 14.1. The number of piperazine rings is 1. The predicted molar refractivity (Wildman–Crippen MR) is 159 cm³/mol. The van der Waals surface area contributed by atoms with Crippen molar-refractivity contribution in [1.29, 1.82) is 0 Å². The SMILES string of the molecule is CCN1CCN(Cc2ccc(CC(=O)N3CCc4ccc(Oc5ccnc6[nH]ccc56)c(C)c4C3)cc2C(F)(F)F)CC1. The van der Waals surface area contributed by atoms with E-state index < -0.39 is 11.7 Å². The van der Waals surface area contributed by atoms with E-state index in [1.54, 1.807) is 23.2 Å². The molecule has 1 N–H and O–H groups in total. The quantitative estimate of drug-likeness (QED) is 0.288. The number of carbonyl (C=O) groups excluding carboxylic acids is 1. The molecule has 0 atom stereocenters. The highest BCUT2D eigenvalue weighted by atomic mass is 19.4. The van der Waals surface area contributed by atoms with Gasteiger partial charge in [-0.3, -0.25) is 9.69 Å². The molecule has 1 fully saturated rings. The van der Waals surface area contributed by atoms with Gasteiger partial charge in [0.1, 0.15) is 17.1 Å². The van der Waals surface area contributed by atoms with Crippen molar-refractivity contribution < 1.29 is 22.7 Å². The number of aromatic amines is 1. The van der Waals surface area contributed by atoms with Crippen LogP contribution in [-0.2, 0) is 36.9 Å². The third kappa shape index (κ3) is 6.26. The molecule has 4 aromatic rings. The van der Waals surface area contributed by atoms with Crippen LogP contribution in [0.2, 0.25) is 0 Å². The van der Waals surface area contributed by atoms with Crippen LogP contribution in [0.4, 0.5) is 13.2 Å². The molecule has 43 heavy (non-hydrogen) atoms. The lowest BCUT2D eigenvalue weighted by atomic mass is 9.94. The number of rotatable bonds is 7. The molecule has 6 rings (SSSR count). The van der Waals surface area contributed by atoms with Gasteiger partial charge in [0.25, 0.3) is 0 Å². The van der Waals surface area contributed by atoms with Gasteiger partial charge in [-0.1, -0.05) is 25.1 Å². The average molecular weight is 592 g/mol. The summed E-state index contributed by atoms with van der Waals surface area (Å²) in [4.78, 5) is 26.9. The van der Waals surface area contributed by atoms with Crippen molar-refractivity contribution in [1.82, 2.24) is 24.7 Å². The number of hydrogen-bond acceptors (Lipinski definition) is 5. The monoisotopic (exact) mass is 591 g/mol.